The van der Waals surface area contributed by atoms with Crippen LogP contribution >= 0.6 is 11.6 Å². The fraction of sp³-hybridized carbons (Fsp3) is 0.500. The number of pyridine rings is 1. The fourth-order valence-electron chi connectivity index (χ4n) is 1.70. The van der Waals surface area contributed by atoms with Gasteiger partial charge in [0.25, 0.3) is 5.91 Å². The fourth-order valence-corrected chi connectivity index (χ4v) is 1.99. The molecule has 1 aromatic heterocycles. The van der Waals surface area contributed by atoms with Gasteiger partial charge in [-0.05, 0) is 31.2 Å². The Morgan fingerprint density at radius 3 is 2.94 bits per heavy atom. The molecule has 2 unspecified atom stereocenters. The smallest absolute Gasteiger partial charge is 0.254 e. The summed E-state index contributed by atoms with van der Waals surface area (Å²) in [5.41, 5.74) is 1.28. The molecule has 3 nitrogen and oxygen atoms in total. The van der Waals surface area contributed by atoms with Crippen molar-refractivity contribution in [3.63, 3.8) is 0 Å². The second kappa shape index (κ2) is 4.42. The topological polar surface area (TPSA) is 42.0 Å². The predicted octanol–water partition coefficient (Wildman–Crippen LogP) is 2.43. The minimum Gasteiger partial charge on any atom is -0.352 e. The highest BCUT2D eigenvalue weighted by atomic mass is 35.5. The molecule has 2 atom stereocenters. The summed E-state index contributed by atoms with van der Waals surface area (Å²) in [6.45, 7) is 4.78. The van der Waals surface area contributed by atoms with E-state index in [1.54, 1.807) is 6.07 Å². The van der Waals surface area contributed by atoms with Crippen molar-refractivity contribution in [3.8, 4) is 0 Å². The lowest BCUT2D eigenvalue weighted by atomic mass is 10.2. The molecule has 1 saturated carbocycles. The number of hydrogen-bond acceptors (Lipinski definition) is 2. The normalized spacial score (nSPS) is 22.9. The van der Waals surface area contributed by atoms with E-state index in [0.717, 1.165) is 18.2 Å². The molecule has 16 heavy (non-hydrogen) atoms. The average molecular weight is 239 g/mol. The third kappa shape index (κ3) is 2.53. The number of nitrogens with one attached hydrogen (secondary N) is 1. The summed E-state index contributed by atoms with van der Waals surface area (Å²) in [5.74, 6) is 1.25. The van der Waals surface area contributed by atoms with Crippen LogP contribution in [0.2, 0.25) is 5.02 Å². The highest BCUT2D eigenvalue weighted by molar-refractivity contribution is 6.33. The van der Waals surface area contributed by atoms with E-state index in [9.17, 15) is 4.79 Å². The van der Waals surface area contributed by atoms with Crippen molar-refractivity contribution in [3.05, 3.63) is 28.5 Å². The molecule has 1 aliphatic carbocycles. The van der Waals surface area contributed by atoms with Crippen LogP contribution in [0.15, 0.2) is 12.3 Å². The third-order valence-electron chi connectivity index (χ3n) is 3.04. The van der Waals surface area contributed by atoms with Crippen molar-refractivity contribution in [1.29, 1.82) is 0 Å². The zero-order chi connectivity index (χ0) is 11.7. The van der Waals surface area contributed by atoms with Gasteiger partial charge in [0.2, 0.25) is 0 Å². The number of rotatable bonds is 3. The van der Waals surface area contributed by atoms with Gasteiger partial charge in [-0.1, -0.05) is 18.5 Å². The first kappa shape index (κ1) is 11.4. The van der Waals surface area contributed by atoms with Gasteiger partial charge in [-0.2, -0.15) is 0 Å². The Labute approximate surface area is 100 Å². The molecule has 2 rings (SSSR count). The first-order valence-corrected chi connectivity index (χ1v) is 5.86. The highest BCUT2D eigenvalue weighted by Gasteiger charge is 2.32. The van der Waals surface area contributed by atoms with Crippen LogP contribution in [0.4, 0.5) is 0 Å². The van der Waals surface area contributed by atoms with E-state index in [0.29, 0.717) is 16.5 Å². The van der Waals surface area contributed by atoms with Crippen molar-refractivity contribution < 1.29 is 4.79 Å². The van der Waals surface area contributed by atoms with Crippen molar-refractivity contribution in [2.75, 3.05) is 6.54 Å². The molecule has 0 radical (unpaired) electrons. The zero-order valence-corrected chi connectivity index (χ0v) is 10.2. The van der Waals surface area contributed by atoms with Crippen LogP contribution in [-0.2, 0) is 0 Å². The number of nitrogens with zero attached hydrogens (tertiary/aromatic N) is 1. The molecule has 86 valence electrons. The summed E-state index contributed by atoms with van der Waals surface area (Å²) >= 11 is 5.98. The van der Waals surface area contributed by atoms with E-state index in [2.05, 4.69) is 17.2 Å². The summed E-state index contributed by atoms with van der Waals surface area (Å²) in [6.07, 6.45) is 2.74. The second-order valence-electron chi connectivity index (χ2n) is 4.49. The Kier molecular flexibility index (Phi) is 3.15. The van der Waals surface area contributed by atoms with Crippen LogP contribution in [0.25, 0.3) is 0 Å². The molecule has 1 heterocycles. The van der Waals surface area contributed by atoms with E-state index in [4.69, 9.17) is 11.6 Å². The number of carbonyl (C=O) groups excluding carboxylic acids is 1. The molecule has 1 N–H and O–H groups in total. The van der Waals surface area contributed by atoms with Gasteiger partial charge in [0.1, 0.15) is 0 Å². The first-order valence-electron chi connectivity index (χ1n) is 5.48. The maximum atomic E-state index is 11.8. The Morgan fingerprint density at radius 2 is 2.38 bits per heavy atom. The lowest BCUT2D eigenvalue weighted by molar-refractivity contribution is 0.0951. The molecule has 0 aliphatic heterocycles. The van der Waals surface area contributed by atoms with Gasteiger partial charge in [-0.25, -0.2) is 0 Å². The van der Waals surface area contributed by atoms with Crippen LogP contribution in [-0.4, -0.2) is 17.4 Å². The van der Waals surface area contributed by atoms with Gasteiger partial charge >= 0.3 is 0 Å². The first-order chi connectivity index (χ1) is 7.58. The molecular weight excluding hydrogens is 224 g/mol. The van der Waals surface area contributed by atoms with E-state index in [1.165, 1.54) is 12.6 Å². The van der Waals surface area contributed by atoms with E-state index >= 15 is 0 Å². The Hall–Kier alpha value is -1.09. The van der Waals surface area contributed by atoms with Gasteiger partial charge in [0, 0.05) is 18.4 Å². The quantitative estimate of drug-likeness (QED) is 0.879. The standard InChI is InChI=1S/C12H15ClN2O/c1-7-3-9(7)5-15-12(16)10-6-14-8(2)4-11(10)13/h4,6-7,9H,3,5H2,1-2H3,(H,15,16). The molecule has 0 aromatic carbocycles. The third-order valence-corrected chi connectivity index (χ3v) is 3.35. The molecule has 4 heteroatoms. The van der Waals surface area contributed by atoms with Crippen LogP contribution < -0.4 is 5.32 Å². The molecular formula is C12H15ClN2O. The van der Waals surface area contributed by atoms with Crippen molar-refractivity contribution in [2.45, 2.75) is 20.3 Å². The number of hydrogen-bond donors (Lipinski definition) is 1. The Balaban J connectivity index is 1.97. The monoisotopic (exact) mass is 238 g/mol. The number of aryl methyl sites for hydroxylation is 1. The zero-order valence-electron chi connectivity index (χ0n) is 9.46. The average Bonchev–Trinajstić information content (AvgIpc) is 2.91. The SMILES string of the molecule is Cc1cc(Cl)c(C(=O)NCC2CC2C)cn1. The molecule has 1 aliphatic rings. The van der Waals surface area contributed by atoms with Crippen molar-refractivity contribution in [1.82, 2.24) is 10.3 Å². The Morgan fingerprint density at radius 1 is 1.69 bits per heavy atom. The summed E-state index contributed by atoms with van der Waals surface area (Å²) in [5, 5.41) is 3.35. The van der Waals surface area contributed by atoms with Crippen molar-refractivity contribution >= 4 is 17.5 Å². The summed E-state index contributed by atoms with van der Waals surface area (Å²) < 4.78 is 0. The minimum atomic E-state index is -0.128. The summed E-state index contributed by atoms with van der Waals surface area (Å²) in [4.78, 5) is 15.9. The number of halogens is 1. The van der Waals surface area contributed by atoms with E-state index in [1.807, 2.05) is 6.92 Å². The maximum absolute atomic E-state index is 11.8. The van der Waals surface area contributed by atoms with Crippen molar-refractivity contribution in [2.24, 2.45) is 11.8 Å². The number of carbonyl (C=O) groups is 1. The second-order valence-corrected chi connectivity index (χ2v) is 4.90. The number of aromatic nitrogens is 1. The lowest BCUT2D eigenvalue weighted by Gasteiger charge is -2.06. The summed E-state index contributed by atoms with van der Waals surface area (Å²) in [6, 6.07) is 1.70. The predicted molar refractivity (Wildman–Crippen MR) is 63.6 cm³/mol. The van der Waals surface area contributed by atoms with Crippen LogP contribution in [0.5, 0.6) is 0 Å². The van der Waals surface area contributed by atoms with Crippen LogP contribution in [0, 0.1) is 18.8 Å². The van der Waals surface area contributed by atoms with Gasteiger partial charge in [0.15, 0.2) is 0 Å². The minimum absolute atomic E-state index is 0.128. The van der Waals surface area contributed by atoms with Crippen LogP contribution in [0.1, 0.15) is 29.4 Å². The van der Waals surface area contributed by atoms with Gasteiger partial charge < -0.3 is 5.32 Å². The van der Waals surface area contributed by atoms with Crippen LogP contribution in [0.3, 0.4) is 0 Å². The van der Waals surface area contributed by atoms with E-state index in [-0.39, 0.29) is 5.91 Å². The van der Waals surface area contributed by atoms with E-state index < -0.39 is 0 Å². The Bertz CT molecular complexity index is 419. The molecule has 0 saturated heterocycles. The molecule has 1 amide bonds. The molecule has 0 spiro atoms. The molecule has 1 aromatic rings. The molecule has 1 fully saturated rings. The molecule has 0 bridgehead atoms. The highest BCUT2D eigenvalue weighted by Crippen LogP contribution is 2.36. The lowest BCUT2D eigenvalue weighted by Crippen LogP contribution is -2.26. The largest absolute Gasteiger partial charge is 0.352 e. The van der Waals surface area contributed by atoms with Gasteiger partial charge in [-0.3, -0.25) is 9.78 Å². The summed E-state index contributed by atoms with van der Waals surface area (Å²) in [7, 11) is 0. The van der Waals surface area contributed by atoms with Gasteiger partial charge in [0.05, 0.1) is 10.6 Å². The number of amides is 1. The van der Waals surface area contributed by atoms with Gasteiger partial charge in [-0.15, -0.1) is 0 Å². The maximum Gasteiger partial charge on any atom is 0.254 e.